The van der Waals surface area contributed by atoms with E-state index in [4.69, 9.17) is 0 Å². The number of aryl methyl sites for hydroxylation is 1. The maximum atomic E-state index is 12.5. The number of nitrogens with one attached hydrogen (secondary N) is 1. The summed E-state index contributed by atoms with van der Waals surface area (Å²) >= 11 is 0. The number of fused-ring (bicyclic) bond motifs is 1. The molecule has 0 aromatic carbocycles. The number of likely N-dealkylation sites (tertiary alicyclic amines) is 1. The molecule has 2 amide bonds. The first kappa shape index (κ1) is 21.4. The Kier molecular flexibility index (Phi) is 6.28. The number of rotatable bonds is 7. The molecule has 0 radical (unpaired) electrons. The van der Waals surface area contributed by atoms with E-state index >= 15 is 0 Å². The van der Waals surface area contributed by atoms with Gasteiger partial charge in [0.15, 0.2) is 0 Å². The van der Waals surface area contributed by atoms with Gasteiger partial charge in [0.1, 0.15) is 12.0 Å². The fourth-order valence-corrected chi connectivity index (χ4v) is 4.25. The molecule has 0 aliphatic carbocycles. The Balaban J connectivity index is 1.23. The Morgan fingerprint density at radius 2 is 2.13 bits per heavy atom. The van der Waals surface area contributed by atoms with E-state index in [9.17, 15) is 14.7 Å². The van der Waals surface area contributed by atoms with Crippen molar-refractivity contribution < 1.29 is 14.7 Å². The van der Waals surface area contributed by atoms with Crippen LogP contribution in [0.2, 0.25) is 0 Å². The van der Waals surface area contributed by atoms with Crippen LogP contribution in [-0.4, -0.2) is 85.3 Å². The Hall–Kier alpha value is -2.85. The number of hydrogen-bond acceptors (Lipinski definition) is 7. The fraction of sp³-hybridized carbons (Fsp3) is 0.571. The lowest BCUT2D eigenvalue weighted by molar-refractivity contribution is -0.134. The highest BCUT2D eigenvalue weighted by Crippen LogP contribution is 2.20. The minimum atomic E-state index is -0.670. The van der Waals surface area contributed by atoms with Gasteiger partial charge in [-0.05, 0) is 18.4 Å². The van der Waals surface area contributed by atoms with Crippen LogP contribution >= 0.6 is 0 Å². The van der Waals surface area contributed by atoms with E-state index in [2.05, 4.69) is 25.3 Å². The van der Waals surface area contributed by atoms with E-state index in [-0.39, 0.29) is 24.1 Å². The van der Waals surface area contributed by atoms with Crippen LogP contribution in [0.25, 0.3) is 0 Å². The lowest BCUT2D eigenvalue weighted by atomic mass is 9.94. The van der Waals surface area contributed by atoms with E-state index in [1.54, 1.807) is 17.9 Å². The molecule has 2 aliphatic heterocycles. The zero-order valence-electron chi connectivity index (χ0n) is 18.0. The third kappa shape index (κ3) is 5.08. The van der Waals surface area contributed by atoms with Crippen molar-refractivity contribution in [3.05, 3.63) is 41.2 Å². The molecule has 0 saturated carbocycles. The van der Waals surface area contributed by atoms with Gasteiger partial charge in [0.05, 0.1) is 12.3 Å². The number of amides is 2. The zero-order valence-corrected chi connectivity index (χ0v) is 18.0. The Morgan fingerprint density at radius 1 is 1.32 bits per heavy atom. The first-order valence-corrected chi connectivity index (χ1v) is 10.6. The second kappa shape index (κ2) is 9.11. The van der Waals surface area contributed by atoms with E-state index in [1.165, 1.54) is 17.6 Å². The van der Waals surface area contributed by atoms with Crippen molar-refractivity contribution in [3.63, 3.8) is 0 Å². The summed E-state index contributed by atoms with van der Waals surface area (Å²) in [5.41, 5.74) is 3.51. The number of aliphatic hydroxyl groups is 1. The first-order chi connectivity index (χ1) is 14.9. The molecule has 1 atom stereocenters. The third-order valence-corrected chi connectivity index (χ3v) is 6.03. The molecule has 1 saturated heterocycles. The largest absolute Gasteiger partial charge is 0.390 e. The van der Waals surface area contributed by atoms with Gasteiger partial charge in [0, 0.05) is 76.6 Å². The average molecular weight is 428 g/mol. The van der Waals surface area contributed by atoms with Crippen LogP contribution in [0, 0.1) is 5.92 Å². The van der Waals surface area contributed by atoms with Crippen LogP contribution in [0.1, 0.15) is 34.4 Å². The molecule has 2 N–H and O–H groups in total. The minimum Gasteiger partial charge on any atom is -0.390 e. The Morgan fingerprint density at radius 3 is 2.90 bits per heavy atom. The van der Waals surface area contributed by atoms with Crippen LogP contribution in [0.5, 0.6) is 0 Å². The van der Waals surface area contributed by atoms with Crippen molar-refractivity contribution in [2.45, 2.75) is 32.4 Å². The molecular formula is C21H29N7O3. The molecule has 2 aliphatic rings. The SMILES string of the molecule is CC(=O)N1CC(Cc2cc(C(=O)NC[C@H](O)CN3CCc4c(cnn4C)C3)ncn2)C1. The Labute approximate surface area is 181 Å². The van der Waals surface area contributed by atoms with Crippen molar-refractivity contribution in [2.24, 2.45) is 13.0 Å². The smallest absolute Gasteiger partial charge is 0.270 e. The third-order valence-electron chi connectivity index (χ3n) is 6.03. The van der Waals surface area contributed by atoms with Crippen molar-refractivity contribution in [3.8, 4) is 0 Å². The highest BCUT2D eigenvalue weighted by molar-refractivity contribution is 5.92. The normalized spacial score (nSPS) is 17.7. The monoisotopic (exact) mass is 427 g/mol. The van der Waals surface area contributed by atoms with Gasteiger partial charge in [-0.3, -0.25) is 19.2 Å². The van der Waals surface area contributed by atoms with Gasteiger partial charge >= 0.3 is 0 Å². The summed E-state index contributed by atoms with van der Waals surface area (Å²) in [6.07, 6.45) is 4.21. The van der Waals surface area contributed by atoms with Crippen LogP contribution in [0.4, 0.5) is 0 Å². The van der Waals surface area contributed by atoms with Gasteiger partial charge in [0.2, 0.25) is 5.91 Å². The lowest BCUT2D eigenvalue weighted by Gasteiger charge is -2.38. The average Bonchev–Trinajstić information content (AvgIpc) is 3.08. The van der Waals surface area contributed by atoms with Gasteiger partial charge in [0.25, 0.3) is 5.91 Å². The van der Waals surface area contributed by atoms with Crippen molar-refractivity contribution >= 4 is 11.8 Å². The number of hydrogen-bond donors (Lipinski definition) is 2. The highest BCUT2D eigenvalue weighted by atomic mass is 16.3. The van der Waals surface area contributed by atoms with E-state index < -0.39 is 6.10 Å². The van der Waals surface area contributed by atoms with Crippen molar-refractivity contribution in [1.29, 1.82) is 0 Å². The predicted molar refractivity (Wildman–Crippen MR) is 112 cm³/mol. The number of carbonyl (C=O) groups is 2. The molecule has 4 rings (SSSR count). The molecular weight excluding hydrogens is 398 g/mol. The van der Waals surface area contributed by atoms with E-state index in [0.29, 0.717) is 18.9 Å². The Bertz CT molecular complexity index is 954. The number of nitrogens with zero attached hydrogens (tertiary/aromatic N) is 6. The van der Waals surface area contributed by atoms with Crippen LogP contribution in [0.15, 0.2) is 18.6 Å². The molecule has 4 heterocycles. The van der Waals surface area contributed by atoms with Gasteiger partial charge in [-0.1, -0.05) is 0 Å². The summed E-state index contributed by atoms with van der Waals surface area (Å²) in [7, 11) is 1.95. The van der Waals surface area contributed by atoms with Gasteiger partial charge in [-0.15, -0.1) is 0 Å². The maximum absolute atomic E-state index is 12.5. The summed E-state index contributed by atoms with van der Waals surface area (Å²) < 4.78 is 1.91. The van der Waals surface area contributed by atoms with Gasteiger partial charge in [-0.2, -0.15) is 5.10 Å². The number of aromatic nitrogens is 4. The summed E-state index contributed by atoms with van der Waals surface area (Å²) in [6, 6.07) is 1.69. The number of carbonyl (C=O) groups excluding carboxylic acids is 2. The molecule has 166 valence electrons. The fourth-order valence-electron chi connectivity index (χ4n) is 4.25. The van der Waals surface area contributed by atoms with E-state index in [0.717, 1.165) is 38.3 Å². The zero-order chi connectivity index (χ0) is 22.0. The summed E-state index contributed by atoms with van der Waals surface area (Å²) in [5.74, 6) is 0.124. The number of β-amino-alcohol motifs (C(OH)–C–C–N with tert-alkyl or cyclic N) is 1. The summed E-state index contributed by atoms with van der Waals surface area (Å²) in [4.78, 5) is 36.1. The molecule has 10 nitrogen and oxygen atoms in total. The topological polar surface area (TPSA) is 116 Å². The lowest BCUT2D eigenvalue weighted by Crippen LogP contribution is -2.49. The summed E-state index contributed by atoms with van der Waals surface area (Å²) in [6.45, 7) is 5.27. The van der Waals surface area contributed by atoms with Crippen LogP contribution in [-0.2, 0) is 31.2 Å². The van der Waals surface area contributed by atoms with E-state index in [1.807, 2.05) is 17.9 Å². The van der Waals surface area contributed by atoms with Crippen molar-refractivity contribution in [2.75, 3.05) is 32.7 Å². The second-order valence-corrected chi connectivity index (χ2v) is 8.48. The van der Waals surface area contributed by atoms with Gasteiger partial charge < -0.3 is 15.3 Å². The quantitative estimate of drug-likeness (QED) is 0.605. The molecule has 2 aromatic heterocycles. The minimum absolute atomic E-state index is 0.0861. The molecule has 0 unspecified atom stereocenters. The standard InChI is InChI=1S/C21H29N7O3/c1-14(29)28-9-15(10-28)5-17-6-19(24-13-23-17)21(31)22-8-18(30)12-27-4-3-20-16(11-27)7-25-26(20)2/h6-7,13,15,18,30H,3-5,8-12H2,1-2H3,(H,22,31)/t18-/m0/s1. The van der Waals surface area contributed by atoms with Crippen LogP contribution in [0.3, 0.4) is 0 Å². The second-order valence-electron chi connectivity index (χ2n) is 8.48. The maximum Gasteiger partial charge on any atom is 0.270 e. The molecule has 1 fully saturated rings. The van der Waals surface area contributed by atoms with Crippen LogP contribution < -0.4 is 5.32 Å². The molecule has 0 bridgehead atoms. The van der Waals surface area contributed by atoms with Crippen molar-refractivity contribution in [1.82, 2.24) is 34.9 Å². The molecule has 0 spiro atoms. The number of aliphatic hydroxyl groups excluding tert-OH is 1. The first-order valence-electron chi connectivity index (χ1n) is 10.6. The highest BCUT2D eigenvalue weighted by Gasteiger charge is 2.29. The molecule has 2 aromatic rings. The van der Waals surface area contributed by atoms with Gasteiger partial charge in [-0.25, -0.2) is 9.97 Å². The predicted octanol–water partition coefficient (Wildman–Crippen LogP) is -0.620. The molecule has 31 heavy (non-hydrogen) atoms. The summed E-state index contributed by atoms with van der Waals surface area (Å²) in [5, 5.41) is 17.4. The molecule has 10 heteroatoms.